The van der Waals surface area contributed by atoms with Gasteiger partial charge < -0.3 is 30.0 Å². The van der Waals surface area contributed by atoms with Crippen molar-refractivity contribution in [3.05, 3.63) is 40.3 Å². The summed E-state index contributed by atoms with van der Waals surface area (Å²) in [6, 6.07) is 6.56. The summed E-state index contributed by atoms with van der Waals surface area (Å²) in [4.78, 5) is 26.8. The largest absolute Gasteiger partial charge is 0.491 e. The van der Waals surface area contributed by atoms with E-state index in [9.17, 15) is 9.59 Å². The van der Waals surface area contributed by atoms with Crippen LogP contribution >= 0.6 is 0 Å². The summed E-state index contributed by atoms with van der Waals surface area (Å²) >= 11 is 0. The van der Waals surface area contributed by atoms with Gasteiger partial charge in [-0.3, -0.25) is 9.59 Å². The molecule has 3 N–H and O–H groups in total. The van der Waals surface area contributed by atoms with Crippen LogP contribution in [0.4, 0.5) is 0 Å². The molecule has 184 valence electrons. The number of aliphatic hydroxyl groups is 1. The third kappa shape index (κ3) is 14.0. The molecule has 1 aromatic carbocycles. The lowest BCUT2D eigenvalue weighted by Gasteiger charge is -2.14. The second-order valence-corrected chi connectivity index (χ2v) is 7.12. The highest BCUT2D eigenvalue weighted by atomic mass is 16.6. The van der Waals surface area contributed by atoms with Crippen LogP contribution in [0.25, 0.3) is 10.4 Å². The number of azide groups is 1. The number of amides is 2. The molecule has 0 heterocycles. The molecule has 0 aliphatic carbocycles. The Kier molecular flexibility index (Phi) is 16.0. The predicted octanol–water partition coefficient (Wildman–Crippen LogP) is 2.54. The molecule has 1 rings (SSSR count). The second-order valence-electron chi connectivity index (χ2n) is 7.12. The highest BCUT2D eigenvalue weighted by molar-refractivity contribution is 5.94. The van der Waals surface area contributed by atoms with Gasteiger partial charge in [0.05, 0.1) is 26.4 Å². The summed E-state index contributed by atoms with van der Waals surface area (Å²) < 4.78 is 16.1. The molecule has 11 nitrogen and oxygen atoms in total. The molecule has 0 spiro atoms. The zero-order valence-corrected chi connectivity index (χ0v) is 19.2. The predicted molar refractivity (Wildman–Crippen MR) is 123 cm³/mol. The molecule has 1 unspecified atom stereocenters. The van der Waals surface area contributed by atoms with E-state index in [-0.39, 0.29) is 44.8 Å². The normalized spacial score (nSPS) is 11.3. The van der Waals surface area contributed by atoms with Crippen LogP contribution in [-0.4, -0.2) is 69.3 Å². The number of rotatable bonds is 19. The molecule has 1 atom stereocenters. The fraction of sp³-hybridized carbons (Fsp3) is 0.636. The van der Waals surface area contributed by atoms with Crippen molar-refractivity contribution >= 4 is 11.8 Å². The van der Waals surface area contributed by atoms with Crippen molar-refractivity contribution in [3.8, 4) is 5.75 Å². The lowest BCUT2D eigenvalue weighted by Crippen LogP contribution is -2.34. The van der Waals surface area contributed by atoms with Crippen LogP contribution in [0.2, 0.25) is 0 Å². The Bertz CT molecular complexity index is 742. The summed E-state index contributed by atoms with van der Waals surface area (Å²) in [7, 11) is 0. The van der Waals surface area contributed by atoms with Gasteiger partial charge in [-0.05, 0) is 30.2 Å². The number of ether oxygens (including phenoxy) is 3. The Balaban J connectivity index is 2.37. The number of nitrogens with one attached hydrogen (secondary N) is 2. The van der Waals surface area contributed by atoms with Crippen LogP contribution < -0.4 is 15.4 Å². The van der Waals surface area contributed by atoms with Crippen molar-refractivity contribution in [1.82, 2.24) is 10.6 Å². The minimum absolute atomic E-state index is 0.00694. The second kappa shape index (κ2) is 18.7. The van der Waals surface area contributed by atoms with Gasteiger partial charge in [-0.25, -0.2) is 0 Å². The molecular formula is C22H35N5O6. The van der Waals surface area contributed by atoms with E-state index in [2.05, 4.69) is 27.6 Å². The lowest BCUT2D eigenvalue weighted by molar-refractivity contribution is -0.121. The molecule has 33 heavy (non-hydrogen) atoms. The van der Waals surface area contributed by atoms with Crippen LogP contribution in [0.3, 0.4) is 0 Å². The fourth-order valence-electron chi connectivity index (χ4n) is 2.76. The summed E-state index contributed by atoms with van der Waals surface area (Å²) in [6.45, 7) is 3.29. The van der Waals surface area contributed by atoms with Crippen LogP contribution in [-0.2, 0) is 14.3 Å². The van der Waals surface area contributed by atoms with Gasteiger partial charge in [0, 0.05) is 30.0 Å². The molecule has 0 radical (unpaired) electrons. The first kappa shape index (κ1) is 28.2. The maximum absolute atomic E-state index is 12.4. The number of hydrogen-bond acceptors (Lipinski definition) is 7. The van der Waals surface area contributed by atoms with Gasteiger partial charge in [-0.2, -0.15) is 0 Å². The number of carbonyl (C=O) groups excluding carboxylic acids is 2. The Morgan fingerprint density at radius 3 is 2.73 bits per heavy atom. The zero-order valence-electron chi connectivity index (χ0n) is 19.2. The van der Waals surface area contributed by atoms with Crippen LogP contribution in [0.5, 0.6) is 5.75 Å². The van der Waals surface area contributed by atoms with Crippen molar-refractivity contribution < 1.29 is 28.9 Å². The maximum atomic E-state index is 12.4. The van der Waals surface area contributed by atoms with Gasteiger partial charge in [0.15, 0.2) is 6.23 Å². The van der Waals surface area contributed by atoms with Crippen molar-refractivity contribution in [2.45, 2.75) is 45.3 Å². The van der Waals surface area contributed by atoms with Gasteiger partial charge in [0.2, 0.25) is 5.91 Å². The van der Waals surface area contributed by atoms with Crippen molar-refractivity contribution in [3.63, 3.8) is 0 Å². The minimum atomic E-state index is -0.865. The Morgan fingerprint density at radius 1 is 1.15 bits per heavy atom. The summed E-state index contributed by atoms with van der Waals surface area (Å²) in [6.07, 6.45) is 3.82. The number of carbonyl (C=O) groups is 2. The van der Waals surface area contributed by atoms with E-state index in [1.807, 2.05) is 0 Å². The van der Waals surface area contributed by atoms with E-state index >= 15 is 0 Å². The quantitative estimate of drug-likeness (QED) is 0.123. The molecule has 11 heteroatoms. The fourth-order valence-corrected chi connectivity index (χ4v) is 2.76. The molecule has 0 saturated carbocycles. The van der Waals surface area contributed by atoms with E-state index in [0.29, 0.717) is 30.8 Å². The lowest BCUT2D eigenvalue weighted by atomic mass is 10.1. The average Bonchev–Trinajstić information content (AvgIpc) is 2.83. The Hall–Kier alpha value is -2.85. The van der Waals surface area contributed by atoms with Gasteiger partial charge in [-0.1, -0.05) is 37.4 Å². The minimum Gasteiger partial charge on any atom is -0.491 e. The van der Waals surface area contributed by atoms with Crippen molar-refractivity contribution in [2.75, 3.05) is 46.1 Å². The zero-order chi connectivity index (χ0) is 24.2. The number of unbranched alkanes of at least 4 members (excludes halogenated alkanes) is 3. The Morgan fingerprint density at radius 2 is 1.97 bits per heavy atom. The third-order valence-electron chi connectivity index (χ3n) is 4.43. The smallest absolute Gasteiger partial charge is 0.251 e. The average molecular weight is 466 g/mol. The Labute approximate surface area is 194 Å². The maximum Gasteiger partial charge on any atom is 0.251 e. The van der Waals surface area contributed by atoms with E-state index < -0.39 is 6.23 Å². The molecule has 0 aliphatic rings. The molecule has 1 aromatic rings. The standard InChI is InChI=1S/C22H35N5O6/c1-2-3-4-5-9-20(29)24-10-11-25-22(30)18-7-6-8-19(16-18)33-17-21(26-27-23)32-15-14-31-13-12-28/h6-8,16,21,28H,2-5,9-15,17H2,1H3,(H,24,29)(H,25,30). The molecule has 0 bridgehead atoms. The molecule has 0 aromatic heterocycles. The van der Waals surface area contributed by atoms with Crippen molar-refractivity contribution in [2.24, 2.45) is 5.11 Å². The number of benzene rings is 1. The van der Waals surface area contributed by atoms with Crippen LogP contribution in [0.15, 0.2) is 29.4 Å². The van der Waals surface area contributed by atoms with Gasteiger partial charge in [-0.15, -0.1) is 0 Å². The topological polar surface area (TPSA) is 155 Å². The van der Waals surface area contributed by atoms with E-state index in [0.717, 1.165) is 25.7 Å². The monoisotopic (exact) mass is 465 g/mol. The summed E-state index contributed by atoms with van der Waals surface area (Å²) in [5, 5.41) is 17.7. The SMILES string of the molecule is CCCCCCC(=O)NCCNC(=O)c1cccc(OCC(N=[N+]=[N-])OCCOCCO)c1. The van der Waals surface area contributed by atoms with E-state index in [1.165, 1.54) is 0 Å². The first-order valence-electron chi connectivity index (χ1n) is 11.2. The molecule has 2 amide bonds. The van der Waals surface area contributed by atoms with E-state index in [1.54, 1.807) is 24.3 Å². The summed E-state index contributed by atoms with van der Waals surface area (Å²) in [5.41, 5.74) is 9.07. The molecule has 0 aliphatic heterocycles. The van der Waals surface area contributed by atoms with Gasteiger partial charge >= 0.3 is 0 Å². The first-order valence-corrected chi connectivity index (χ1v) is 11.2. The number of aliphatic hydroxyl groups excluding tert-OH is 1. The van der Waals surface area contributed by atoms with Crippen molar-refractivity contribution in [1.29, 1.82) is 0 Å². The van der Waals surface area contributed by atoms with Crippen LogP contribution in [0.1, 0.15) is 49.4 Å². The highest BCUT2D eigenvalue weighted by Gasteiger charge is 2.10. The molecule has 0 saturated heterocycles. The van der Waals surface area contributed by atoms with E-state index in [4.69, 9.17) is 24.8 Å². The molecular weight excluding hydrogens is 430 g/mol. The third-order valence-corrected chi connectivity index (χ3v) is 4.43. The van der Waals surface area contributed by atoms with Gasteiger partial charge in [0.25, 0.3) is 5.91 Å². The number of nitrogens with zero attached hydrogens (tertiary/aromatic N) is 3. The first-order chi connectivity index (χ1) is 16.1. The highest BCUT2D eigenvalue weighted by Crippen LogP contribution is 2.14. The van der Waals surface area contributed by atoms with Crippen LogP contribution in [0, 0.1) is 0 Å². The summed E-state index contributed by atoms with van der Waals surface area (Å²) in [5.74, 6) is 0.121. The number of hydrogen-bond donors (Lipinski definition) is 3. The molecule has 0 fully saturated rings. The van der Waals surface area contributed by atoms with Gasteiger partial charge in [0.1, 0.15) is 12.4 Å².